The Morgan fingerprint density at radius 1 is 1.18 bits per heavy atom. The van der Waals surface area contributed by atoms with Crippen LogP contribution >= 0.6 is 0 Å². The summed E-state index contributed by atoms with van der Waals surface area (Å²) in [6, 6.07) is 5.24. The van der Waals surface area contributed by atoms with Gasteiger partial charge in [0.15, 0.2) is 0 Å². The molecule has 0 atom stereocenters. The van der Waals surface area contributed by atoms with Crippen molar-refractivity contribution in [2.24, 2.45) is 0 Å². The first-order chi connectivity index (χ1) is 10.4. The topological polar surface area (TPSA) is 36.3 Å². The number of imidazole rings is 1. The fourth-order valence-corrected chi connectivity index (χ4v) is 2.90. The highest BCUT2D eigenvalue weighted by Gasteiger charge is 2.51. The maximum Gasteiger partial charge on any atom is 0.494 e. The Morgan fingerprint density at radius 3 is 2.32 bits per heavy atom. The molecule has 0 saturated carbocycles. The Labute approximate surface area is 134 Å². The molecule has 0 N–H and O–H groups in total. The maximum absolute atomic E-state index is 8.38. The Balaban J connectivity index is 2.08. The van der Waals surface area contributed by atoms with Crippen LogP contribution in [0.5, 0.6) is 0 Å². The number of aryl methyl sites for hydroxylation is 1. The van der Waals surface area contributed by atoms with Crippen molar-refractivity contribution in [2.45, 2.75) is 65.7 Å². The summed E-state index contributed by atoms with van der Waals surface area (Å²) in [7, 11) is -0.401. The monoisotopic (exact) mass is 301 g/mol. The lowest BCUT2D eigenvalue weighted by Gasteiger charge is -2.32. The highest BCUT2D eigenvalue weighted by atomic mass is 16.7. The fourth-order valence-electron chi connectivity index (χ4n) is 2.90. The van der Waals surface area contributed by atoms with Crippen molar-refractivity contribution in [2.75, 3.05) is 0 Å². The van der Waals surface area contributed by atoms with Crippen LogP contribution in [0.15, 0.2) is 18.2 Å². The molecule has 0 unspecified atom stereocenters. The summed E-state index contributed by atoms with van der Waals surface area (Å²) in [5.41, 5.74) is 2.06. The van der Waals surface area contributed by atoms with Crippen LogP contribution < -0.4 is 5.46 Å². The quantitative estimate of drug-likeness (QED) is 0.799. The lowest BCUT2D eigenvalue weighted by atomic mass is 9.79. The van der Waals surface area contributed by atoms with Gasteiger partial charge in [0.2, 0.25) is 0 Å². The minimum absolute atomic E-state index is 0.364. The van der Waals surface area contributed by atoms with E-state index in [0.717, 1.165) is 22.3 Å². The maximum atomic E-state index is 8.38. The minimum atomic E-state index is -0.770. The number of fused-ring (bicyclic) bond motifs is 1. The summed E-state index contributed by atoms with van der Waals surface area (Å²) in [4.78, 5) is 4.57. The van der Waals surface area contributed by atoms with E-state index in [1.54, 1.807) is 0 Å². The molecule has 5 heteroatoms. The molecule has 0 aliphatic carbocycles. The first kappa shape index (κ1) is 14.3. The van der Waals surface area contributed by atoms with Gasteiger partial charge < -0.3 is 13.9 Å². The van der Waals surface area contributed by atoms with E-state index in [4.69, 9.17) is 10.7 Å². The van der Waals surface area contributed by atoms with E-state index in [0.29, 0.717) is 0 Å². The van der Waals surface area contributed by atoms with Gasteiger partial charge in [-0.3, -0.25) is 0 Å². The fraction of sp³-hybridized carbons (Fsp3) is 0.588. The zero-order chi connectivity index (χ0) is 17.2. The van der Waals surface area contributed by atoms with Crippen molar-refractivity contribution in [1.29, 1.82) is 0 Å². The molecular formula is C17H25BN2O2. The standard InChI is InChI=1S/C17H25BN2O2/c1-11(2)20-12(3)19-14-9-8-13(10-15(14)20)18-21-16(4,5)17(6,7)22-18/h8-11H,1-7H3/i11D. The van der Waals surface area contributed by atoms with Crippen LogP contribution in [-0.4, -0.2) is 27.9 Å². The van der Waals surface area contributed by atoms with Crippen molar-refractivity contribution in [3.8, 4) is 0 Å². The van der Waals surface area contributed by atoms with Gasteiger partial charge in [-0.05, 0) is 66.1 Å². The molecule has 0 bridgehead atoms. The van der Waals surface area contributed by atoms with Gasteiger partial charge in [-0.2, -0.15) is 0 Å². The summed E-state index contributed by atoms with van der Waals surface area (Å²) < 4.78 is 22.6. The van der Waals surface area contributed by atoms with Gasteiger partial charge in [0, 0.05) is 6.02 Å². The first-order valence-corrected chi connectivity index (χ1v) is 7.77. The third kappa shape index (κ3) is 2.27. The van der Waals surface area contributed by atoms with Gasteiger partial charge in [0.05, 0.1) is 23.6 Å². The van der Waals surface area contributed by atoms with Gasteiger partial charge in [-0.25, -0.2) is 4.98 Å². The number of benzene rings is 1. The third-order valence-electron chi connectivity index (χ3n) is 4.82. The molecule has 1 saturated heterocycles. The van der Waals surface area contributed by atoms with Gasteiger partial charge in [-0.15, -0.1) is 0 Å². The third-order valence-corrected chi connectivity index (χ3v) is 4.82. The van der Waals surface area contributed by atoms with Crippen LogP contribution in [0, 0.1) is 6.92 Å². The van der Waals surface area contributed by atoms with Crippen LogP contribution in [0.3, 0.4) is 0 Å². The molecule has 1 aliphatic rings. The van der Waals surface area contributed by atoms with Gasteiger partial charge in [0.1, 0.15) is 5.82 Å². The summed E-state index contributed by atoms with van der Waals surface area (Å²) in [5.74, 6) is 0.839. The zero-order valence-corrected chi connectivity index (χ0v) is 14.5. The largest absolute Gasteiger partial charge is 0.494 e. The molecule has 1 aromatic heterocycles. The number of hydrogen-bond donors (Lipinski definition) is 0. The smallest absolute Gasteiger partial charge is 0.399 e. The number of hydrogen-bond acceptors (Lipinski definition) is 3. The number of nitrogens with zero attached hydrogens (tertiary/aromatic N) is 2. The molecule has 0 amide bonds. The zero-order valence-electron chi connectivity index (χ0n) is 15.5. The van der Waals surface area contributed by atoms with E-state index in [1.165, 1.54) is 0 Å². The summed E-state index contributed by atoms with van der Waals surface area (Å²) >= 11 is 0. The van der Waals surface area contributed by atoms with Crippen LogP contribution in [0.4, 0.5) is 0 Å². The molecule has 22 heavy (non-hydrogen) atoms. The summed E-state index contributed by atoms with van der Waals surface area (Å²) in [6.07, 6.45) is 0. The molecule has 1 aliphatic heterocycles. The molecule has 118 valence electrons. The van der Waals surface area contributed by atoms with Crippen molar-refractivity contribution >= 4 is 23.6 Å². The van der Waals surface area contributed by atoms with Crippen molar-refractivity contribution < 1.29 is 10.7 Å². The van der Waals surface area contributed by atoms with Gasteiger partial charge >= 0.3 is 7.12 Å². The highest BCUT2D eigenvalue weighted by molar-refractivity contribution is 6.62. The molecule has 1 fully saturated rings. The van der Waals surface area contributed by atoms with Crippen LogP contribution in [0.2, 0.25) is 0 Å². The molecule has 4 nitrogen and oxygen atoms in total. The average molecular weight is 301 g/mol. The van der Waals surface area contributed by atoms with Crippen molar-refractivity contribution in [1.82, 2.24) is 9.55 Å². The summed E-state index contributed by atoms with van der Waals surface area (Å²) in [5, 5.41) is 0. The molecular weight excluding hydrogens is 275 g/mol. The molecule has 2 heterocycles. The molecule has 1 aromatic carbocycles. The van der Waals surface area contributed by atoms with Gasteiger partial charge in [-0.1, -0.05) is 6.07 Å². The number of rotatable bonds is 2. The lowest BCUT2D eigenvalue weighted by Crippen LogP contribution is -2.41. The van der Waals surface area contributed by atoms with E-state index >= 15 is 0 Å². The van der Waals surface area contributed by atoms with E-state index in [9.17, 15) is 0 Å². The van der Waals surface area contributed by atoms with Crippen molar-refractivity contribution in [3.05, 3.63) is 24.0 Å². The van der Waals surface area contributed by atoms with Crippen LogP contribution in [0.1, 0.15) is 54.8 Å². The van der Waals surface area contributed by atoms with E-state index < -0.39 is 13.1 Å². The predicted molar refractivity (Wildman–Crippen MR) is 90.6 cm³/mol. The molecule has 0 spiro atoms. The second-order valence-corrected chi connectivity index (χ2v) is 7.28. The van der Waals surface area contributed by atoms with Crippen molar-refractivity contribution in [3.63, 3.8) is 0 Å². The Bertz CT molecular complexity index is 746. The molecule has 0 radical (unpaired) electrons. The van der Waals surface area contributed by atoms with Crippen LogP contribution in [-0.2, 0) is 9.31 Å². The average Bonchev–Trinajstić information content (AvgIpc) is 2.81. The Morgan fingerprint density at radius 2 is 1.77 bits per heavy atom. The first-order valence-electron chi connectivity index (χ1n) is 8.27. The second-order valence-electron chi connectivity index (χ2n) is 7.28. The SMILES string of the molecule is [2H]C(C)(C)n1c(C)nc2ccc(B3OC(C)(C)C(C)(C)O3)cc21. The van der Waals surface area contributed by atoms with Gasteiger partial charge in [0.25, 0.3) is 0 Å². The Kier molecular flexibility index (Phi) is 3.14. The Hall–Kier alpha value is -1.33. The molecule has 3 rings (SSSR count). The normalized spacial score (nSPS) is 21.4. The summed E-state index contributed by atoms with van der Waals surface area (Å²) in [6.45, 7) is 13.9. The lowest BCUT2D eigenvalue weighted by molar-refractivity contribution is 0.00578. The second kappa shape index (κ2) is 4.83. The van der Waals surface area contributed by atoms with Crippen LogP contribution in [0.25, 0.3) is 11.0 Å². The molecule has 2 aromatic rings. The predicted octanol–water partition coefficient (Wildman–Crippen LogP) is 3.22. The number of aromatic nitrogens is 2. The van der Waals surface area contributed by atoms with E-state index in [2.05, 4.69) is 4.98 Å². The highest BCUT2D eigenvalue weighted by Crippen LogP contribution is 2.36. The van der Waals surface area contributed by atoms with E-state index in [-0.39, 0.29) is 11.2 Å². The minimum Gasteiger partial charge on any atom is -0.399 e. The van der Waals surface area contributed by atoms with E-state index in [1.807, 2.05) is 71.2 Å².